The predicted molar refractivity (Wildman–Crippen MR) is 80.3 cm³/mol. The molecule has 1 heterocycles. The van der Waals surface area contributed by atoms with Gasteiger partial charge in [-0.25, -0.2) is 0 Å². The van der Waals surface area contributed by atoms with Gasteiger partial charge in [0.25, 0.3) is 0 Å². The van der Waals surface area contributed by atoms with Crippen molar-refractivity contribution in [2.24, 2.45) is 5.92 Å². The van der Waals surface area contributed by atoms with E-state index in [2.05, 4.69) is 50.8 Å². The number of aryl methyl sites for hydroxylation is 2. The molecule has 0 atom stereocenters. The molecule has 2 rings (SSSR count). The maximum Gasteiger partial charge on any atom is 0.0923 e. The Morgan fingerprint density at radius 1 is 1.21 bits per heavy atom. The van der Waals surface area contributed by atoms with Crippen molar-refractivity contribution in [3.63, 3.8) is 0 Å². The van der Waals surface area contributed by atoms with Crippen molar-refractivity contribution in [1.29, 1.82) is 0 Å². The lowest BCUT2D eigenvalue weighted by Gasteiger charge is -2.40. The summed E-state index contributed by atoms with van der Waals surface area (Å²) in [4.78, 5) is 2.47. The first-order valence-corrected chi connectivity index (χ1v) is 7.43. The van der Waals surface area contributed by atoms with Gasteiger partial charge in [-0.2, -0.15) is 0 Å². The van der Waals surface area contributed by atoms with Gasteiger partial charge in [0.2, 0.25) is 0 Å². The van der Waals surface area contributed by atoms with Crippen LogP contribution in [0, 0.1) is 19.8 Å². The Kier molecular flexibility index (Phi) is 4.32. The number of likely N-dealkylation sites (tertiary alicyclic amines) is 1. The quantitative estimate of drug-likeness (QED) is 0.903. The lowest BCUT2D eigenvalue weighted by molar-refractivity contribution is -0.0284. The fourth-order valence-corrected chi connectivity index (χ4v) is 3.23. The molecule has 1 aliphatic heterocycles. The molecule has 0 aliphatic carbocycles. The van der Waals surface area contributed by atoms with Gasteiger partial charge in [-0.1, -0.05) is 37.6 Å². The van der Waals surface area contributed by atoms with Gasteiger partial charge in [0.1, 0.15) is 0 Å². The summed E-state index contributed by atoms with van der Waals surface area (Å²) in [6, 6.07) is 6.40. The van der Waals surface area contributed by atoms with E-state index in [0.717, 1.165) is 38.0 Å². The predicted octanol–water partition coefficient (Wildman–Crippen LogP) is 3.24. The molecule has 1 aliphatic rings. The smallest absolute Gasteiger partial charge is 0.0923 e. The Morgan fingerprint density at radius 2 is 1.84 bits per heavy atom. The third kappa shape index (κ3) is 3.37. The average Bonchev–Trinajstić information content (AvgIpc) is 2.31. The first-order valence-electron chi connectivity index (χ1n) is 7.43. The van der Waals surface area contributed by atoms with Crippen molar-refractivity contribution in [2.45, 2.75) is 46.1 Å². The molecule has 0 unspecified atom stereocenters. The molecule has 1 saturated heterocycles. The summed E-state index contributed by atoms with van der Waals surface area (Å²) in [5.41, 5.74) is 3.00. The van der Waals surface area contributed by atoms with Crippen molar-refractivity contribution in [3.8, 4) is 0 Å². The summed E-state index contributed by atoms with van der Waals surface area (Å²) >= 11 is 0. The van der Waals surface area contributed by atoms with Gasteiger partial charge in [0, 0.05) is 19.6 Å². The second-order valence-corrected chi connectivity index (χ2v) is 6.54. The summed E-state index contributed by atoms with van der Waals surface area (Å²) < 4.78 is 0. The number of hydrogen-bond donors (Lipinski definition) is 1. The zero-order valence-corrected chi connectivity index (χ0v) is 12.7. The first kappa shape index (κ1) is 14.5. The maximum absolute atomic E-state index is 10.9. The molecule has 0 spiro atoms. The largest absolute Gasteiger partial charge is 0.385 e. The van der Waals surface area contributed by atoms with Crippen LogP contribution in [0.3, 0.4) is 0 Å². The first-order chi connectivity index (χ1) is 8.90. The standard InChI is InChI=1S/C17H27NO/c1-13(2)12-18-9-7-17(19,8-10-18)16-6-5-14(3)11-15(16)4/h5-6,11,13,19H,7-10,12H2,1-4H3. The maximum atomic E-state index is 10.9. The molecule has 1 aromatic rings. The monoisotopic (exact) mass is 261 g/mol. The van der Waals surface area contributed by atoms with Crippen LogP contribution in [-0.2, 0) is 5.60 Å². The number of piperidine rings is 1. The van der Waals surface area contributed by atoms with E-state index in [1.807, 2.05) is 0 Å². The molecule has 1 aromatic carbocycles. The van der Waals surface area contributed by atoms with E-state index in [9.17, 15) is 5.11 Å². The zero-order valence-electron chi connectivity index (χ0n) is 12.7. The highest BCUT2D eigenvalue weighted by Crippen LogP contribution is 2.35. The highest BCUT2D eigenvalue weighted by Gasteiger charge is 2.34. The van der Waals surface area contributed by atoms with E-state index in [4.69, 9.17) is 0 Å². The topological polar surface area (TPSA) is 23.5 Å². The number of benzene rings is 1. The second kappa shape index (κ2) is 5.64. The fourth-order valence-electron chi connectivity index (χ4n) is 3.23. The molecule has 2 heteroatoms. The number of rotatable bonds is 3. The van der Waals surface area contributed by atoms with Crippen molar-refractivity contribution in [3.05, 3.63) is 34.9 Å². The van der Waals surface area contributed by atoms with Gasteiger partial charge in [0.05, 0.1) is 5.60 Å². The molecule has 0 radical (unpaired) electrons. The van der Waals surface area contributed by atoms with E-state index in [-0.39, 0.29) is 0 Å². The third-order valence-corrected chi connectivity index (χ3v) is 4.19. The van der Waals surface area contributed by atoms with Crippen LogP contribution >= 0.6 is 0 Å². The molecule has 2 nitrogen and oxygen atoms in total. The van der Waals surface area contributed by atoms with Gasteiger partial charge in [-0.15, -0.1) is 0 Å². The molecule has 1 fully saturated rings. The van der Waals surface area contributed by atoms with Crippen LogP contribution in [0.1, 0.15) is 43.4 Å². The summed E-state index contributed by atoms with van der Waals surface area (Å²) in [5, 5.41) is 10.9. The Balaban J connectivity index is 2.09. The van der Waals surface area contributed by atoms with Crippen LogP contribution in [0.4, 0.5) is 0 Å². The highest BCUT2D eigenvalue weighted by molar-refractivity contribution is 5.35. The third-order valence-electron chi connectivity index (χ3n) is 4.19. The van der Waals surface area contributed by atoms with Crippen LogP contribution in [-0.4, -0.2) is 29.6 Å². The minimum atomic E-state index is -0.620. The number of hydrogen-bond acceptors (Lipinski definition) is 2. The van der Waals surface area contributed by atoms with Gasteiger partial charge in [-0.05, 0) is 43.7 Å². The van der Waals surface area contributed by atoms with Gasteiger partial charge in [-0.3, -0.25) is 0 Å². The van der Waals surface area contributed by atoms with Gasteiger partial charge in [0.15, 0.2) is 0 Å². The SMILES string of the molecule is Cc1ccc(C2(O)CCN(CC(C)C)CC2)c(C)c1. The Bertz CT molecular complexity index is 431. The summed E-state index contributed by atoms with van der Waals surface area (Å²) in [7, 11) is 0. The van der Waals surface area contributed by atoms with Gasteiger partial charge >= 0.3 is 0 Å². The Morgan fingerprint density at radius 3 is 2.37 bits per heavy atom. The van der Waals surface area contributed by atoms with E-state index < -0.39 is 5.60 Å². The lowest BCUT2D eigenvalue weighted by Crippen LogP contribution is -2.44. The van der Waals surface area contributed by atoms with Crippen LogP contribution in [0.15, 0.2) is 18.2 Å². The molecule has 106 valence electrons. The normalized spacial score (nSPS) is 19.9. The van der Waals surface area contributed by atoms with Crippen molar-refractivity contribution >= 4 is 0 Å². The molecule has 0 bridgehead atoms. The minimum absolute atomic E-state index is 0.620. The lowest BCUT2D eigenvalue weighted by atomic mass is 9.81. The molecule has 0 amide bonds. The molecule has 19 heavy (non-hydrogen) atoms. The van der Waals surface area contributed by atoms with Crippen LogP contribution in [0.25, 0.3) is 0 Å². The molecule has 0 aromatic heterocycles. The van der Waals surface area contributed by atoms with Crippen LogP contribution in [0.2, 0.25) is 0 Å². The summed E-state index contributed by atoms with van der Waals surface area (Å²) in [5.74, 6) is 0.701. The molecular formula is C17H27NO. The summed E-state index contributed by atoms with van der Waals surface area (Å²) in [6.07, 6.45) is 1.70. The van der Waals surface area contributed by atoms with Crippen molar-refractivity contribution in [2.75, 3.05) is 19.6 Å². The average molecular weight is 261 g/mol. The number of aliphatic hydroxyl groups is 1. The van der Waals surface area contributed by atoms with E-state index in [1.54, 1.807) is 0 Å². The van der Waals surface area contributed by atoms with Crippen molar-refractivity contribution in [1.82, 2.24) is 4.90 Å². The highest BCUT2D eigenvalue weighted by atomic mass is 16.3. The summed E-state index contributed by atoms with van der Waals surface area (Å²) in [6.45, 7) is 11.9. The Hall–Kier alpha value is -0.860. The Labute approximate surface area is 117 Å². The fraction of sp³-hybridized carbons (Fsp3) is 0.647. The second-order valence-electron chi connectivity index (χ2n) is 6.54. The molecule has 1 N–H and O–H groups in total. The van der Waals surface area contributed by atoms with E-state index in [1.165, 1.54) is 11.1 Å². The van der Waals surface area contributed by atoms with E-state index >= 15 is 0 Å². The van der Waals surface area contributed by atoms with Crippen LogP contribution in [0.5, 0.6) is 0 Å². The number of nitrogens with zero attached hydrogens (tertiary/aromatic N) is 1. The van der Waals surface area contributed by atoms with Crippen LogP contribution < -0.4 is 0 Å². The zero-order chi connectivity index (χ0) is 14.0. The van der Waals surface area contributed by atoms with E-state index in [0.29, 0.717) is 5.92 Å². The molecular weight excluding hydrogens is 234 g/mol. The molecule has 0 saturated carbocycles. The van der Waals surface area contributed by atoms with Gasteiger partial charge < -0.3 is 10.0 Å². The minimum Gasteiger partial charge on any atom is -0.385 e. The van der Waals surface area contributed by atoms with Crippen molar-refractivity contribution < 1.29 is 5.11 Å².